The highest BCUT2D eigenvalue weighted by Crippen LogP contribution is 2.25. The van der Waals surface area contributed by atoms with Gasteiger partial charge in [0.15, 0.2) is 0 Å². The highest BCUT2D eigenvalue weighted by Gasteiger charge is 2.01. The van der Waals surface area contributed by atoms with Crippen LogP contribution in [-0.2, 0) is 0 Å². The minimum Gasteiger partial charge on any atom is -0.488 e. The number of rotatable bonds is 5. The lowest BCUT2D eigenvalue weighted by atomic mass is 10.2. The van der Waals surface area contributed by atoms with Gasteiger partial charge in [0.25, 0.3) is 0 Å². The fourth-order valence-electron chi connectivity index (χ4n) is 1.20. The quantitative estimate of drug-likeness (QED) is 0.831. The molecule has 0 aromatic heterocycles. The summed E-state index contributed by atoms with van der Waals surface area (Å²) in [5.74, 6) is 0.859. The van der Waals surface area contributed by atoms with Gasteiger partial charge in [0.05, 0.1) is 4.47 Å². The molecule has 0 heterocycles. The summed E-state index contributed by atoms with van der Waals surface area (Å²) < 4.78 is 6.61. The second-order valence-electron chi connectivity index (χ2n) is 3.50. The number of nitrogens with one attached hydrogen (secondary N) is 1. The van der Waals surface area contributed by atoms with Gasteiger partial charge in [0, 0.05) is 6.54 Å². The molecule has 0 atom stereocenters. The molecule has 3 heteroatoms. The number of benzene rings is 1. The minimum atomic E-state index is 0.544. The normalized spacial score (nSPS) is 10.1. The van der Waals surface area contributed by atoms with Gasteiger partial charge in [-0.25, -0.2) is 0 Å². The van der Waals surface area contributed by atoms with Crippen LogP contribution in [0.5, 0.6) is 5.75 Å². The van der Waals surface area contributed by atoms with Crippen LogP contribution in [0.15, 0.2) is 34.8 Å². The number of likely N-dealkylation sites (N-methyl/N-ethyl adjacent to an activating group) is 1. The van der Waals surface area contributed by atoms with Crippen molar-refractivity contribution in [3.8, 4) is 5.75 Å². The first-order valence-corrected chi connectivity index (χ1v) is 5.63. The Morgan fingerprint density at radius 3 is 2.87 bits per heavy atom. The Balaban J connectivity index is 2.54. The van der Waals surface area contributed by atoms with Crippen LogP contribution in [-0.4, -0.2) is 20.2 Å². The fraction of sp³-hybridized carbons (Fsp3) is 0.333. The van der Waals surface area contributed by atoms with Crippen LogP contribution in [0.1, 0.15) is 5.56 Å². The third kappa shape index (κ3) is 4.06. The van der Waals surface area contributed by atoms with Gasteiger partial charge in [0.2, 0.25) is 0 Å². The summed E-state index contributed by atoms with van der Waals surface area (Å²) in [5, 5.41) is 3.04. The number of ether oxygens (including phenoxy) is 1. The number of hydrogen-bond acceptors (Lipinski definition) is 2. The van der Waals surface area contributed by atoms with Gasteiger partial charge in [-0.2, -0.15) is 0 Å². The summed E-state index contributed by atoms with van der Waals surface area (Å²) in [6, 6.07) is 6.03. The summed E-state index contributed by atoms with van der Waals surface area (Å²) >= 11 is 3.47. The van der Waals surface area contributed by atoms with E-state index >= 15 is 0 Å². The van der Waals surface area contributed by atoms with Crippen LogP contribution in [0.4, 0.5) is 0 Å². The van der Waals surface area contributed by atoms with Crippen LogP contribution in [0, 0.1) is 6.92 Å². The Morgan fingerprint density at radius 1 is 1.53 bits per heavy atom. The van der Waals surface area contributed by atoms with Crippen LogP contribution in [0.25, 0.3) is 0 Å². The molecule has 1 rings (SSSR count). The van der Waals surface area contributed by atoms with E-state index in [2.05, 4.69) is 34.7 Å². The molecular formula is C12H16BrNO. The Labute approximate surface area is 99.5 Å². The topological polar surface area (TPSA) is 21.3 Å². The average molecular weight is 270 g/mol. The summed E-state index contributed by atoms with van der Waals surface area (Å²) in [7, 11) is 1.90. The van der Waals surface area contributed by atoms with Gasteiger partial charge in [-0.1, -0.05) is 12.6 Å². The summed E-state index contributed by atoms with van der Waals surface area (Å²) in [6.07, 6.45) is 0. The first-order valence-electron chi connectivity index (χ1n) is 4.83. The van der Waals surface area contributed by atoms with Crippen LogP contribution < -0.4 is 10.1 Å². The van der Waals surface area contributed by atoms with Crippen molar-refractivity contribution in [3.63, 3.8) is 0 Å². The Kier molecular flexibility index (Phi) is 4.85. The Morgan fingerprint density at radius 2 is 2.27 bits per heavy atom. The smallest absolute Gasteiger partial charge is 0.133 e. The molecular weight excluding hydrogens is 254 g/mol. The molecule has 0 fully saturated rings. The first-order chi connectivity index (χ1) is 7.13. The molecule has 0 spiro atoms. The molecule has 0 aliphatic heterocycles. The highest BCUT2D eigenvalue weighted by molar-refractivity contribution is 9.10. The average Bonchev–Trinajstić information content (AvgIpc) is 2.17. The molecule has 0 unspecified atom stereocenters. The predicted octanol–water partition coefficient (Wildman–Crippen LogP) is 2.91. The maximum absolute atomic E-state index is 5.62. The first kappa shape index (κ1) is 12.3. The van der Waals surface area contributed by atoms with E-state index in [1.165, 1.54) is 5.56 Å². The molecule has 1 aromatic rings. The lowest BCUT2D eigenvalue weighted by Gasteiger charge is -2.10. The van der Waals surface area contributed by atoms with Gasteiger partial charge in [-0.3, -0.25) is 0 Å². The SMILES string of the molecule is C=C(CNC)COc1ccc(C)cc1Br. The predicted molar refractivity (Wildman–Crippen MR) is 67.4 cm³/mol. The molecule has 82 valence electrons. The zero-order chi connectivity index (χ0) is 11.3. The number of hydrogen-bond donors (Lipinski definition) is 1. The maximum atomic E-state index is 5.62. The fourth-order valence-corrected chi connectivity index (χ4v) is 1.81. The monoisotopic (exact) mass is 269 g/mol. The van der Waals surface area contributed by atoms with Crippen molar-refractivity contribution >= 4 is 15.9 Å². The van der Waals surface area contributed by atoms with Crippen molar-refractivity contribution in [2.45, 2.75) is 6.92 Å². The van der Waals surface area contributed by atoms with Gasteiger partial charge in [0.1, 0.15) is 12.4 Å². The van der Waals surface area contributed by atoms with Crippen LogP contribution >= 0.6 is 15.9 Å². The van der Waals surface area contributed by atoms with Crippen molar-refractivity contribution in [3.05, 3.63) is 40.4 Å². The molecule has 0 aliphatic carbocycles. The van der Waals surface area contributed by atoms with E-state index < -0.39 is 0 Å². The lowest BCUT2D eigenvalue weighted by Crippen LogP contribution is -2.14. The molecule has 0 saturated carbocycles. The van der Waals surface area contributed by atoms with Crippen LogP contribution in [0.3, 0.4) is 0 Å². The summed E-state index contributed by atoms with van der Waals surface area (Å²) in [4.78, 5) is 0. The molecule has 1 aromatic carbocycles. The second kappa shape index (κ2) is 5.93. The molecule has 1 N–H and O–H groups in total. The van der Waals surface area contributed by atoms with E-state index in [1.807, 2.05) is 25.2 Å². The van der Waals surface area contributed by atoms with E-state index in [0.717, 1.165) is 22.3 Å². The Hall–Kier alpha value is -0.800. The van der Waals surface area contributed by atoms with E-state index in [4.69, 9.17) is 4.74 Å². The third-order valence-corrected chi connectivity index (χ3v) is 2.57. The Bertz CT molecular complexity index is 349. The van der Waals surface area contributed by atoms with Crippen molar-refractivity contribution in [1.29, 1.82) is 0 Å². The van der Waals surface area contributed by atoms with Crippen molar-refractivity contribution < 1.29 is 4.74 Å². The van der Waals surface area contributed by atoms with E-state index in [0.29, 0.717) is 6.61 Å². The minimum absolute atomic E-state index is 0.544. The highest BCUT2D eigenvalue weighted by atomic mass is 79.9. The van der Waals surface area contributed by atoms with E-state index in [1.54, 1.807) is 0 Å². The van der Waals surface area contributed by atoms with Gasteiger partial charge in [-0.15, -0.1) is 0 Å². The maximum Gasteiger partial charge on any atom is 0.133 e. The largest absolute Gasteiger partial charge is 0.488 e. The van der Waals surface area contributed by atoms with E-state index in [-0.39, 0.29) is 0 Å². The van der Waals surface area contributed by atoms with Crippen LogP contribution in [0.2, 0.25) is 0 Å². The van der Waals surface area contributed by atoms with Crippen molar-refractivity contribution in [1.82, 2.24) is 5.32 Å². The van der Waals surface area contributed by atoms with Crippen molar-refractivity contribution in [2.75, 3.05) is 20.2 Å². The molecule has 0 saturated heterocycles. The molecule has 0 amide bonds. The van der Waals surface area contributed by atoms with Gasteiger partial charge < -0.3 is 10.1 Å². The molecule has 0 bridgehead atoms. The number of halogens is 1. The molecule has 15 heavy (non-hydrogen) atoms. The second-order valence-corrected chi connectivity index (χ2v) is 4.36. The number of aryl methyl sites for hydroxylation is 1. The summed E-state index contributed by atoms with van der Waals surface area (Å²) in [6.45, 7) is 7.28. The molecule has 0 aliphatic rings. The lowest BCUT2D eigenvalue weighted by molar-refractivity contribution is 0.347. The zero-order valence-electron chi connectivity index (χ0n) is 9.14. The van der Waals surface area contributed by atoms with E-state index in [9.17, 15) is 0 Å². The van der Waals surface area contributed by atoms with Crippen molar-refractivity contribution in [2.24, 2.45) is 0 Å². The summed E-state index contributed by atoms with van der Waals surface area (Å²) in [5.41, 5.74) is 2.24. The van der Waals surface area contributed by atoms with Gasteiger partial charge >= 0.3 is 0 Å². The molecule has 2 nitrogen and oxygen atoms in total. The standard InChI is InChI=1S/C12H16BrNO/c1-9-4-5-12(11(13)6-9)15-8-10(2)7-14-3/h4-6,14H,2,7-8H2,1,3H3. The zero-order valence-corrected chi connectivity index (χ0v) is 10.7. The molecule has 0 radical (unpaired) electrons. The van der Waals surface area contributed by atoms with Gasteiger partial charge in [-0.05, 0) is 53.2 Å². The third-order valence-electron chi connectivity index (χ3n) is 1.95.